The highest BCUT2D eigenvalue weighted by molar-refractivity contribution is 7.17. The van der Waals surface area contributed by atoms with E-state index >= 15 is 0 Å². The highest BCUT2D eigenvalue weighted by Crippen LogP contribution is 2.19. The molecule has 0 spiro atoms. The summed E-state index contributed by atoms with van der Waals surface area (Å²) in [5, 5.41) is 6.93. The van der Waals surface area contributed by atoms with E-state index in [0.29, 0.717) is 0 Å². The molecule has 0 aliphatic rings. The van der Waals surface area contributed by atoms with Crippen molar-refractivity contribution in [3.8, 4) is 0 Å². The first-order valence-corrected chi connectivity index (χ1v) is 7.54. The molecule has 0 aliphatic heterocycles. The second kappa shape index (κ2) is 5.34. The van der Waals surface area contributed by atoms with Crippen molar-refractivity contribution < 1.29 is 0 Å². The lowest BCUT2D eigenvalue weighted by Gasteiger charge is -1.82. The first kappa shape index (κ1) is 11.5. The van der Waals surface area contributed by atoms with Crippen LogP contribution in [0.1, 0.15) is 0 Å². The van der Waals surface area contributed by atoms with Crippen molar-refractivity contribution in [1.29, 1.82) is 0 Å². The Bertz CT molecular complexity index is 623. The summed E-state index contributed by atoms with van der Waals surface area (Å²) in [6, 6.07) is 21.1. The number of fused-ring (bicyclic) bond motifs is 2. The summed E-state index contributed by atoms with van der Waals surface area (Å²) in [7, 11) is 0. The molecular weight excluding hydrogens is 256 g/mol. The normalized spacial score (nSPS) is 10.2. The van der Waals surface area contributed by atoms with Gasteiger partial charge in [0.15, 0.2) is 0 Å². The molecule has 0 saturated carbocycles. The average molecular weight is 268 g/mol. The highest BCUT2D eigenvalue weighted by Gasteiger charge is 1.88. The minimum atomic E-state index is 1.35. The molecule has 0 atom stereocenters. The zero-order valence-electron chi connectivity index (χ0n) is 9.74. The predicted molar refractivity (Wildman–Crippen MR) is 83.7 cm³/mol. The standard InChI is InChI=1S/2C8H6S/c2*1-2-4-8-7(3-1)5-6-9-8/h2*1-6H. The van der Waals surface area contributed by atoms with Gasteiger partial charge in [0.1, 0.15) is 0 Å². The van der Waals surface area contributed by atoms with Gasteiger partial charge in [-0.1, -0.05) is 36.4 Å². The van der Waals surface area contributed by atoms with Crippen LogP contribution in [-0.2, 0) is 0 Å². The van der Waals surface area contributed by atoms with Gasteiger partial charge in [-0.05, 0) is 45.8 Å². The second-order valence-corrected chi connectivity index (χ2v) is 5.81. The van der Waals surface area contributed by atoms with Crippen molar-refractivity contribution in [1.82, 2.24) is 0 Å². The summed E-state index contributed by atoms with van der Waals surface area (Å²) in [5.74, 6) is 0. The van der Waals surface area contributed by atoms with E-state index in [1.165, 1.54) is 20.2 Å². The second-order valence-electron chi connectivity index (χ2n) is 3.92. The van der Waals surface area contributed by atoms with Crippen molar-refractivity contribution in [3.05, 3.63) is 71.4 Å². The Morgan fingerprint density at radius 1 is 0.500 bits per heavy atom. The largest absolute Gasteiger partial charge is 0.144 e. The van der Waals surface area contributed by atoms with Crippen LogP contribution in [0.15, 0.2) is 71.4 Å². The van der Waals surface area contributed by atoms with Gasteiger partial charge in [0, 0.05) is 9.40 Å². The quantitative estimate of drug-likeness (QED) is 0.378. The minimum absolute atomic E-state index is 1.35. The van der Waals surface area contributed by atoms with E-state index in [1.807, 2.05) is 0 Å². The summed E-state index contributed by atoms with van der Waals surface area (Å²) < 4.78 is 2.75. The fourth-order valence-corrected chi connectivity index (χ4v) is 3.39. The van der Waals surface area contributed by atoms with Crippen LogP contribution in [-0.4, -0.2) is 0 Å². The zero-order chi connectivity index (χ0) is 12.2. The summed E-state index contributed by atoms with van der Waals surface area (Å²) >= 11 is 3.57. The predicted octanol–water partition coefficient (Wildman–Crippen LogP) is 5.80. The van der Waals surface area contributed by atoms with E-state index in [1.54, 1.807) is 22.7 Å². The molecule has 0 bridgehead atoms. The molecular formula is C16H12S2. The van der Waals surface area contributed by atoms with Crippen LogP contribution in [0.3, 0.4) is 0 Å². The van der Waals surface area contributed by atoms with E-state index < -0.39 is 0 Å². The molecule has 0 radical (unpaired) electrons. The van der Waals surface area contributed by atoms with E-state index in [2.05, 4.69) is 71.4 Å². The van der Waals surface area contributed by atoms with Crippen LogP contribution >= 0.6 is 22.7 Å². The van der Waals surface area contributed by atoms with Crippen molar-refractivity contribution in [2.75, 3.05) is 0 Å². The molecule has 0 fully saturated rings. The minimum Gasteiger partial charge on any atom is -0.144 e. The Labute approximate surface area is 114 Å². The summed E-state index contributed by atoms with van der Waals surface area (Å²) in [4.78, 5) is 0. The molecule has 4 rings (SSSR count). The van der Waals surface area contributed by atoms with Crippen molar-refractivity contribution >= 4 is 42.8 Å². The molecule has 0 nitrogen and oxygen atoms in total. The van der Waals surface area contributed by atoms with Gasteiger partial charge in [-0.25, -0.2) is 0 Å². The van der Waals surface area contributed by atoms with Gasteiger partial charge in [0.05, 0.1) is 0 Å². The average Bonchev–Trinajstić information content (AvgIpc) is 3.08. The fourth-order valence-electron chi connectivity index (χ4n) is 1.81. The van der Waals surface area contributed by atoms with Crippen LogP contribution in [0.4, 0.5) is 0 Å². The van der Waals surface area contributed by atoms with Crippen LogP contribution < -0.4 is 0 Å². The summed E-state index contributed by atoms with van der Waals surface area (Å²) in [6.07, 6.45) is 0. The van der Waals surface area contributed by atoms with Gasteiger partial charge in [-0.3, -0.25) is 0 Å². The van der Waals surface area contributed by atoms with E-state index in [9.17, 15) is 0 Å². The molecule has 2 aromatic heterocycles. The van der Waals surface area contributed by atoms with Crippen LogP contribution in [0.25, 0.3) is 20.2 Å². The van der Waals surface area contributed by atoms with Gasteiger partial charge >= 0.3 is 0 Å². The number of hydrogen-bond acceptors (Lipinski definition) is 2. The lowest BCUT2D eigenvalue weighted by molar-refractivity contribution is 1.86. The van der Waals surface area contributed by atoms with E-state index in [4.69, 9.17) is 0 Å². The summed E-state index contributed by atoms with van der Waals surface area (Å²) in [5.41, 5.74) is 0. The monoisotopic (exact) mass is 268 g/mol. The lowest BCUT2D eigenvalue weighted by Crippen LogP contribution is -1.56. The zero-order valence-corrected chi connectivity index (χ0v) is 11.4. The Balaban J connectivity index is 0.000000111. The number of hydrogen-bond donors (Lipinski definition) is 0. The molecule has 4 aromatic rings. The maximum absolute atomic E-state index is 2.14. The van der Waals surface area contributed by atoms with Crippen molar-refractivity contribution in [2.24, 2.45) is 0 Å². The van der Waals surface area contributed by atoms with Crippen molar-refractivity contribution in [3.63, 3.8) is 0 Å². The fraction of sp³-hybridized carbons (Fsp3) is 0. The smallest absolute Gasteiger partial charge is 0.0342 e. The van der Waals surface area contributed by atoms with Gasteiger partial charge in [-0.15, -0.1) is 22.7 Å². The molecule has 0 N–H and O–H groups in total. The Morgan fingerprint density at radius 2 is 0.944 bits per heavy atom. The van der Waals surface area contributed by atoms with Crippen LogP contribution in [0, 0.1) is 0 Å². The topological polar surface area (TPSA) is 0 Å². The molecule has 88 valence electrons. The maximum Gasteiger partial charge on any atom is 0.0342 e. The number of rotatable bonds is 0. The third-order valence-electron chi connectivity index (χ3n) is 2.72. The molecule has 2 heterocycles. The van der Waals surface area contributed by atoms with E-state index in [0.717, 1.165) is 0 Å². The molecule has 2 heteroatoms. The SMILES string of the molecule is c1ccc2sccc2c1.c1ccc2sccc2c1. The van der Waals surface area contributed by atoms with Crippen LogP contribution in [0.5, 0.6) is 0 Å². The van der Waals surface area contributed by atoms with E-state index in [-0.39, 0.29) is 0 Å². The Hall–Kier alpha value is -1.64. The first-order valence-electron chi connectivity index (χ1n) is 5.78. The highest BCUT2D eigenvalue weighted by atomic mass is 32.1. The van der Waals surface area contributed by atoms with Gasteiger partial charge < -0.3 is 0 Å². The third kappa shape index (κ3) is 2.45. The first-order chi connectivity index (χ1) is 8.93. The molecule has 2 aromatic carbocycles. The van der Waals surface area contributed by atoms with Crippen molar-refractivity contribution in [2.45, 2.75) is 0 Å². The Kier molecular flexibility index (Phi) is 3.40. The van der Waals surface area contributed by atoms with Gasteiger partial charge in [0.2, 0.25) is 0 Å². The molecule has 0 saturated heterocycles. The molecule has 18 heavy (non-hydrogen) atoms. The molecule has 0 amide bonds. The Morgan fingerprint density at radius 3 is 1.39 bits per heavy atom. The summed E-state index contributed by atoms with van der Waals surface area (Å²) in [6.45, 7) is 0. The lowest BCUT2D eigenvalue weighted by atomic mass is 10.3. The number of thiophene rings is 2. The van der Waals surface area contributed by atoms with Gasteiger partial charge in [-0.2, -0.15) is 0 Å². The third-order valence-corrected chi connectivity index (χ3v) is 4.52. The molecule has 0 unspecified atom stereocenters. The maximum atomic E-state index is 2.14. The molecule has 0 aliphatic carbocycles. The van der Waals surface area contributed by atoms with Crippen LogP contribution in [0.2, 0.25) is 0 Å². The number of benzene rings is 2. The van der Waals surface area contributed by atoms with Gasteiger partial charge in [0.25, 0.3) is 0 Å².